The predicted octanol–water partition coefficient (Wildman–Crippen LogP) is 3.54. The first-order valence-corrected chi connectivity index (χ1v) is 8.13. The predicted molar refractivity (Wildman–Crippen MR) is 90.1 cm³/mol. The van der Waals surface area contributed by atoms with Crippen molar-refractivity contribution in [2.45, 2.75) is 31.6 Å². The molecule has 0 aliphatic heterocycles. The van der Waals surface area contributed by atoms with E-state index in [1.165, 1.54) is 12.7 Å². The lowest BCUT2D eigenvalue weighted by Crippen LogP contribution is -2.35. The number of carbonyl (C=O) groups is 1. The first-order chi connectivity index (χ1) is 11.4. The minimum Gasteiger partial charge on any atom is -0.504 e. The summed E-state index contributed by atoms with van der Waals surface area (Å²) in [5.41, 5.74) is 3.08. The maximum Gasteiger partial charge on any atom is 0.200 e. The number of ether oxygens (including phenoxy) is 1. The van der Waals surface area contributed by atoms with Crippen LogP contribution < -0.4 is 4.74 Å². The third-order valence-corrected chi connectivity index (χ3v) is 5.86. The van der Waals surface area contributed by atoms with Crippen molar-refractivity contribution < 1.29 is 19.7 Å². The van der Waals surface area contributed by atoms with Crippen molar-refractivity contribution in [2.75, 3.05) is 7.11 Å². The molecule has 0 spiro atoms. The van der Waals surface area contributed by atoms with Gasteiger partial charge in [-0.05, 0) is 34.9 Å². The van der Waals surface area contributed by atoms with E-state index in [2.05, 4.69) is 19.9 Å². The topological polar surface area (TPSA) is 66.8 Å². The fourth-order valence-corrected chi connectivity index (χ4v) is 4.53. The number of fused-ring (bicyclic) bond motifs is 4. The summed E-state index contributed by atoms with van der Waals surface area (Å²) < 4.78 is 5.10. The van der Waals surface area contributed by atoms with Gasteiger partial charge in [0, 0.05) is 11.1 Å². The normalized spacial score (nSPS) is 23.4. The molecule has 2 aliphatic rings. The van der Waals surface area contributed by atoms with E-state index in [0.717, 1.165) is 5.56 Å². The van der Waals surface area contributed by atoms with Gasteiger partial charge in [0.05, 0.1) is 13.0 Å². The highest BCUT2D eigenvalue weighted by molar-refractivity contribution is 6.05. The van der Waals surface area contributed by atoms with Crippen LogP contribution in [0, 0.1) is 5.92 Å². The molecular weight excluding hydrogens is 304 g/mol. The van der Waals surface area contributed by atoms with E-state index in [9.17, 15) is 15.0 Å². The summed E-state index contributed by atoms with van der Waals surface area (Å²) in [6, 6.07) is 9.64. The van der Waals surface area contributed by atoms with E-state index in [1.54, 1.807) is 6.07 Å². The summed E-state index contributed by atoms with van der Waals surface area (Å²) in [4.78, 5) is 13.2. The second-order valence-corrected chi connectivity index (χ2v) is 7.26. The number of Topliss-reactive ketones (excluding diaryl/α,β-unsaturated/α-hetero) is 1. The number of phenolic OH excluding ortho intramolecular Hbond substituents is 2. The Morgan fingerprint density at radius 3 is 2.58 bits per heavy atom. The zero-order valence-corrected chi connectivity index (χ0v) is 14.0. The van der Waals surface area contributed by atoms with Crippen LogP contribution in [0.3, 0.4) is 0 Å². The molecular formula is C20H20O4. The molecule has 0 fully saturated rings. The second-order valence-electron chi connectivity index (χ2n) is 7.26. The van der Waals surface area contributed by atoms with Gasteiger partial charge in [-0.2, -0.15) is 0 Å². The fourth-order valence-electron chi connectivity index (χ4n) is 4.53. The van der Waals surface area contributed by atoms with Crippen molar-refractivity contribution in [3.63, 3.8) is 0 Å². The molecule has 2 N–H and O–H groups in total. The molecule has 0 saturated carbocycles. The van der Waals surface area contributed by atoms with Crippen molar-refractivity contribution >= 4 is 5.78 Å². The van der Waals surface area contributed by atoms with E-state index in [-0.39, 0.29) is 40.3 Å². The molecule has 4 nitrogen and oxygen atoms in total. The van der Waals surface area contributed by atoms with Crippen LogP contribution >= 0.6 is 0 Å². The third kappa shape index (κ3) is 1.71. The van der Waals surface area contributed by atoms with Gasteiger partial charge in [0.25, 0.3) is 0 Å². The summed E-state index contributed by atoms with van der Waals surface area (Å²) in [6.45, 7) is 4.30. The van der Waals surface area contributed by atoms with Crippen LogP contribution in [-0.4, -0.2) is 23.1 Å². The summed E-state index contributed by atoms with van der Waals surface area (Å²) in [6.07, 6.45) is 0.552. The van der Waals surface area contributed by atoms with Crippen LogP contribution in [-0.2, 0) is 11.8 Å². The summed E-state index contributed by atoms with van der Waals surface area (Å²) in [5, 5.41) is 20.5. The number of ketones is 1. The van der Waals surface area contributed by atoms with Gasteiger partial charge in [-0.25, -0.2) is 0 Å². The summed E-state index contributed by atoms with van der Waals surface area (Å²) in [5.74, 6) is -0.555. The molecule has 24 heavy (non-hydrogen) atoms. The minimum absolute atomic E-state index is 0.00660. The highest BCUT2D eigenvalue weighted by atomic mass is 16.5. The van der Waals surface area contributed by atoms with Gasteiger partial charge in [0.15, 0.2) is 17.3 Å². The second kappa shape index (κ2) is 4.76. The first kappa shape index (κ1) is 15.1. The first-order valence-electron chi connectivity index (χ1n) is 8.13. The molecule has 0 bridgehead atoms. The van der Waals surface area contributed by atoms with Crippen molar-refractivity contribution in [2.24, 2.45) is 5.92 Å². The van der Waals surface area contributed by atoms with E-state index in [1.807, 2.05) is 18.2 Å². The number of carbonyl (C=O) groups excluding carboxylic acids is 1. The molecule has 2 atom stereocenters. The van der Waals surface area contributed by atoms with Gasteiger partial charge in [-0.3, -0.25) is 4.79 Å². The SMILES string of the molecule is COc1cc2c(c(O)c1O)C[C@H]1[C@@H](C2=O)c2ccccc2C1(C)C. The Morgan fingerprint density at radius 1 is 1.17 bits per heavy atom. The molecule has 0 saturated heterocycles. The van der Waals surface area contributed by atoms with E-state index in [4.69, 9.17) is 4.74 Å². The number of hydrogen-bond acceptors (Lipinski definition) is 4. The van der Waals surface area contributed by atoms with E-state index < -0.39 is 0 Å². The molecule has 0 radical (unpaired) electrons. The number of benzene rings is 2. The smallest absolute Gasteiger partial charge is 0.200 e. The molecule has 4 heteroatoms. The zero-order chi connectivity index (χ0) is 17.2. The Kier molecular flexibility index (Phi) is 2.99. The quantitative estimate of drug-likeness (QED) is 0.788. The van der Waals surface area contributed by atoms with Crippen LogP contribution in [0.4, 0.5) is 0 Å². The highest BCUT2D eigenvalue weighted by Gasteiger charge is 2.52. The lowest BCUT2D eigenvalue weighted by atomic mass is 9.67. The average molecular weight is 324 g/mol. The molecule has 0 unspecified atom stereocenters. The third-order valence-electron chi connectivity index (χ3n) is 5.86. The van der Waals surface area contributed by atoms with Gasteiger partial charge in [0.2, 0.25) is 5.75 Å². The van der Waals surface area contributed by atoms with Crippen molar-refractivity contribution in [1.82, 2.24) is 0 Å². The lowest BCUT2D eigenvalue weighted by molar-refractivity contribution is 0.0896. The van der Waals surface area contributed by atoms with Gasteiger partial charge in [-0.1, -0.05) is 38.1 Å². The molecule has 0 amide bonds. The average Bonchev–Trinajstić information content (AvgIpc) is 2.80. The Labute approximate surface area is 140 Å². The van der Waals surface area contributed by atoms with Crippen molar-refractivity contribution in [1.29, 1.82) is 0 Å². The van der Waals surface area contributed by atoms with Crippen molar-refractivity contribution in [3.05, 3.63) is 52.6 Å². The van der Waals surface area contributed by atoms with Crippen LogP contribution in [0.15, 0.2) is 30.3 Å². The number of aromatic hydroxyl groups is 2. The number of phenols is 2. The van der Waals surface area contributed by atoms with Crippen LogP contribution in [0.2, 0.25) is 0 Å². The molecule has 2 aromatic carbocycles. The fraction of sp³-hybridized carbons (Fsp3) is 0.350. The van der Waals surface area contributed by atoms with Crippen LogP contribution in [0.5, 0.6) is 17.2 Å². The largest absolute Gasteiger partial charge is 0.504 e. The van der Waals surface area contributed by atoms with Gasteiger partial charge in [0.1, 0.15) is 0 Å². The van der Waals surface area contributed by atoms with Gasteiger partial charge >= 0.3 is 0 Å². The number of rotatable bonds is 1. The maximum atomic E-state index is 13.2. The highest BCUT2D eigenvalue weighted by Crippen LogP contribution is 2.57. The van der Waals surface area contributed by atoms with E-state index in [0.29, 0.717) is 17.5 Å². The van der Waals surface area contributed by atoms with Crippen LogP contribution in [0.1, 0.15) is 46.8 Å². The lowest BCUT2D eigenvalue weighted by Gasteiger charge is -2.35. The van der Waals surface area contributed by atoms with E-state index >= 15 is 0 Å². The van der Waals surface area contributed by atoms with Gasteiger partial charge < -0.3 is 14.9 Å². The Bertz CT molecular complexity index is 866. The molecule has 124 valence electrons. The minimum atomic E-state index is -0.296. The molecule has 4 rings (SSSR count). The molecule has 0 aromatic heterocycles. The molecule has 2 aromatic rings. The van der Waals surface area contributed by atoms with Crippen molar-refractivity contribution in [3.8, 4) is 17.2 Å². The zero-order valence-electron chi connectivity index (χ0n) is 14.0. The Balaban J connectivity index is 1.95. The molecule has 2 aliphatic carbocycles. The maximum absolute atomic E-state index is 13.2. The monoisotopic (exact) mass is 324 g/mol. The Morgan fingerprint density at radius 2 is 1.88 bits per heavy atom. The number of hydrogen-bond donors (Lipinski definition) is 2. The van der Waals surface area contributed by atoms with Crippen LogP contribution in [0.25, 0.3) is 0 Å². The van der Waals surface area contributed by atoms with Gasteiger partial charge in [-0.15, -0.1) is 0 Å². The Hall–Kier alpha value is -2.49. The standard InChI is InChI=1S/C20H20O4/c1-20(2)13-7-5-4-6-10(13)16-14(20)8-11-12(17(16)21)9-15(24-3)19(23)18(11)22/h4-7,9,14,16,22-23H,8H2,1-3H3/t14-,16-/m0/s1. The summed E-state index contributed by atoms with van der Waals surface area (Å²) in [7, 11) is 1.41. The number of methoxy groups -OCH3 is 1. The summed E-state index contributed by atoms with van der Waals surface area (Å²) >= 11 is 0. The molecule has 0 heterocycles.